The lowest BCUT2D eigenvalue weighted by atomic mass is 9.95. The van der Waals surface area contributed by atoms with Crippen molar-refractivity contribution in [3.8, 4) is 5.75 Å². The van der Waals surface area contributed by atoms with E-state index in [0.29, 0.717) is 29.7 Å². The predicted molar refractivity (Wildman–Crippen MR) is 170 cm³/mol. The molecule has 1 aliphatic carbocycles. The lowest BCUT2D eigenvalue weighted by molar-refractivity contribution is -0.156. The Morgan fingerprint density at radius 2 is 1.69 bits per heavy atom. The van der Waals surface area contributed by atoms with Gasteiger partial charge in [0.25, 0.3) is 0 Å². The summed E-state index contributed by atoms with van der Waals surface area (Å²) in [7, 11) is -4.22. The number of sulfonamides is 1. The number of hydrogen-bond acceptors (Lipinski definition) is 8. The molecular weight excluding hydrogens is 598 g/mol. The lowest BCUT2D eigenvalue weighted by Crippen LogP contribution is -2.50. The third kappa shape index (κ3) is 11.7. The third-order valence-electron chi connectivity index (χ3n) is 7.32. The molecule has 3 rings (SSSR count). The van der Waals surface area contributed by atoms with E-state index in [1.165, 1.54) is 24.1 Å². The number of hydrogen-bond donors (Lipinski definition) is 3. The van der Waals surface area contributed by atoms with E-state index in [0.717, 1.165) is 31.4 Å². The summed E-state index contributed by atoms with van der Waals surface area (Å²) in [5.41, 5.74) is 3.45. The molecule has 0 radical (unpaired) electrons. The first-order valence-electron chi connectivity index (χ1n) is 15.6. The van der Waals surface area contributed by atoms with Crippen LogP contribution in [0.25, 0.3) is 0 Å². The van der Waals surface area contributed by atoms with Crippen molar-refractivity contribution in [2.24, 2.45) is 0 Å². The van der Waals surface area contributed by atoms with Crippen LogP contribution in [0.1, 0.15) is 93.8 Å². The largest absolute Gasteiger partial charge is 0.494 e. The molecule has 3 N–H and O–H groups in total. The van der Waals surface area contributed by atoms with E-state index in [2.05, 4.69) is 22.2 Å². The Labute approximate surface area is 266 Å². The van der Waals surface area contributed by atoms with Crippen LogP contribution in [-0.4, -0.2) is 61.1 Å². The number of nitrogens with one attached hydrogen (secondary N) is 2. The molecule has 248 valence electrons. The highest BCUT2D eigenvalue weighted by atomic mass is 32.2. The molecule has 1 aliphatic rings. The maximum atomic E-state index is 13.5. The molecule has 0 unspecified atom stereocenters. The van der Waals surface area contributed by atoms with Crippen LogP contribution in [-0.2, 0) is 48.4 Å². The maximum Gasteiger partial charge on any atom is 0.326 e. The van der Waals surface area contributed by atoms with Crippen molar-refractivity contribution in [3.63, 3.8) is 0 Å². The minimum atomic E-state index is -4.22. The first kappa shape index (κ1) is 36.0. The summed E-state index contributed by atoms with van der Waals surface area (Å²) in [4.78, 5) is 41.2. The monoisotopic (exact) mass is 645 g/mol. The summed E-state index contributed by atoms with van der Waals surface area (Å²) in [6.45, 7) is 8.14. The van der Waals surface area contributed by atoms with Gasteiger partial charge in [-0.25, -0.2) is 8.42 Å². The smallest absolute Gasteiger partial charge is 0.326 e. The molecule has 2 aromatic rings. The molecule has 0 aliphatic heterocycles. The van der Waals surface area contributed by atoms with Gasteiger partial charge in [-0.2, -0.15) is 4.72 Å². The molecule has 0 spiro atoms. The number of rotatable bonds is 16. The summed E-state index contributed by atoms with van der Waals surface area (Å²) in [6, 6.07) is 5.97. The molecule has 0 saturated heterocycles. The minimum Gasteiger partial charge on any atom is -0.494 e. The molecule has 1 heterocycles. The average molecular weight is 646 g/mol. The Balaban J connectivity index is 1.60. The molecule has 0 saturated carbocycles. The Morgan fingerprint density at radius 1 is 1.00 bits per heavy atom. The molecule has 0 bridgehead atoms. The van der Waals surface area contributed by atoms with Gasteiger partial charge >= 0.3 is 11.9 Å². The molecule has 45 heavy (non-hydrogen) atoms. The summed E-state index contributed by atoms with van der Waals surface area (Å²) in [6.07, 6.45) is 7.15. The maximum absolute atomic E-state index is 13.5. The van der Waals surface area contributed by atoms with Gasteiger partial charge in [-0.15, -0.1) is 0 Å². The van der Waals surface area contributed by atoms with Gasteiger partial charge in [-0.05, 0) is 121 Å². The summed E-state index contributed by atoms with van der Waals surface area (Å²) < 4.78 is 40.6. The fraction of sp³-hybridized carbons (Fsp3) is 0.576. The van der Waals surface area contributed by atoms with Crippen molar-refractivity contribution in [2.45, 2.75) is 115 Å². The number of benzene rings is 1. The van der Waals surface area contributed by atoms with Gasteiger partial charge in [0.1, 0.15) is 17.4 Å². The zero-order chi connectivity index (χ0) is 33.2. The minimum absolute atomic E-state index is 0.0175. The normalized spacial score (nSPS) is 13.9. The van der Waals surface area contributed by atoms with Crippen molar-refractivity contribution in [3.05, 3.63) is 52.3 Å². The van der Waals surface area contributed by atoms with Crippen LogP contribution in [0.4, 0.5) is 0 Å². The number of ether oxygens (including phenoxy) is 2. The topological polar surface area (TPSA) is 161 Å². The van der Waals surface area contributed by atoms with Crippen LogP contribution >= 0.6 is 0 Å². The number of carboxylic acid groups (broad SMARTS) is 1. The van der Waals surface area contributed by atoms with Crippen molar-refractivity contribution >= 4 is 27.9 Å². The average Bonchev–Trinajstić information content (AvgIpc) is 2.94. The van der Waals surface area contributed by atoms with Gasteiger partial charge in [0, 0.05) is 30.8 Å². The van der Waals surface area contributed by atoms with E-state index < -0.39 is 33.6 Å². The van der Waals surface area contributed by atoms with E-state index in [1.807, 2.05) is 0 Å². The van der Waals surface area contributed by atoms with Crippen LogP contribution in [0.3, 0.4) is 0 Å². The Morgan fingerprint density at radius 3 is 2.36 bits per heavy atom. The number of amides is 1. The van der Waals surface area contributed by atoms with Crippen molar-refractivity contribution in [1.29, 1.82) is 0 Å². The molecule has 1 aromatic carbocycles. The number of aromatic nitrogens is 1. The molecule has 1 amide bonds. The van der Waals surface area contributed by atoms with Crippen LogP contribution in [0.5, 0.6) is 5.75 Å². The molecule has 11 nitrogen and oxygen atoms in total. The van der Waals surface area contributed by atoms with E-state index in [9.17, 15) is 22.8 Å². The number of carbonyl (C=O) groups excluding carboxylic acids is 2. The van der Waals surface area contributed by atoms with Crippen LogP contribution in [0, 0.1) is 13.8 Å². The zero-order valence-corrected chi connectivity index (χ0v) is 27.8. The number of carbonyl (C=O) groups is 3. The highest BCUT2D eigenvalue weighted by Gasteiger charge is 2.32. The van der Waals surface area contributed by atoms with E-state index in [1.54, 1.807) is 46.8 Å². The van der Waals surface area contributed by atoms with Gasteiger partial charge in [-0.3, -0.25) is 19.4 Å². The van der Waals surface area contributed by atoms with Gasteiger partial charge in [0.05, 0.1) is 11.5 Å². The second kappa shape index (κ2) is 16.2. The fourth-order valence-corrected chi connectivity index (χ4v) is 6.92. The number of nitrogens with zero attached hydrogens (tertiary/aromatic N) is 1. The Kier molecular flexibility index (Phi) is 12.9. The van der Waals surface area contributed by atoms with E-state index in [4.69, 9.17) is 19.6 Å². The van der Waals surface area contributed by atoms with Crippen LogP contribution in [0.15, 0.2) is 29.2 Å². The highest BCUT2D eigenvalue weighted by molar-refractivity contribution is 7.89. The predicted octanol–water partition coefficient (Wildman–Crippen LogP) is 4.34. The number of fused-ring (bicyclic) bond motifs is 1. The second-order valence-electron chi connectivity index (χ2n) is 12.6. The summed E-state index contributed by atoms with van der Waals surface area (Å²) >= 11 is 0. The quantitative estimate of drug-likeness (QED) is 0.178. The number of aryl methyl sites for hydroxylation is 5. The number of esters is 1. The van der Waals surface area contributed by atoms with Gasteiger partial charge in [-0.1, -0.05) is 6.07 Å². The summed E-state index contributed by atoms with van der Waals surface area (Å²) in [5, 5.41) is 11.5. The number of aliphatic carboxylic acids is 1. The SMILES string of the molecule is Cc1cc(OCCCC(=O)O)cc(C)c1S(=O)(=O)N[C@@H](CNC(=O)CCCCc1ccc2c(n1)CCCC2)C(=O)OC(C)(C)C. The fourth-order valence-electron chi connectivity index (χ4n) is 5.29. The molecular formula is C33H47N3O8S. The number of carboxylic acids is 1. The zero-order valence-electron chi connectivity index (χ0n) is 27.0. The van der Waals surface area contributed by atoms with Crippen LogP contribution < -0.4 is 14.8 Å². The Hall–Kier alpha value is -3.51. The third-order valence-corrected chi connectivity index (χ3v) is 9.10. The summed E-state index contributed by atoms with van der Waals surface area (Å²) in [5.74, 6) is -1.61. The Bertz CT molecular complexity index is 1440. The second-order valence-corrected chi connectivity index (χ2v) is 14.2. The molecule has 0 fully saturated rings. The van der Waals surface area contributed by atoms with Gasteiger partial charge in [0.15, 0.2) is 0 Å². The van der Waals surface area contributed by atoms with Gasteiger partial charge in [0.2, 0.25) is 15.9 Å². The first-order valence-corrected chi connectivity index (χ1v) is 17.1. The van der Waals surface area contributed by atoms with E-state index in [-0.39, 0.29) is 36.8 Å². The molecule has 1 atom stereocenters. The first-order chi connectivity index (χ1) is 21.1. The van der Waals surface area contributed by atoms with Crippen molar-refractivity contribution in [2.75, 3.05) is 13.2 Å². The van der Waals surface area contributed by atoms with Crippen LogP contribution in [0.2, 0.25) is 0 Å². The van der Waals surface area contributed by atoms with E-state index >= 15 is 0 Å². The van der Waals surface area contributed by atoms with Crippen molar-refractivity contribution in [1.82, 2.24) is 15.0 Å². The number of pyridine rings is 1. The van der Waals surface area contributed by atoms with Gasteiger partial charge < -0.3 is 19.9 Å². The molecule has 12 heteroatoms. The number of unbranched alkanes of at least 4 members (excludes halogenated alkanes) is 1. The lowest BCUT2D eigenvalue weighted by Gasteiger charge is -2.25. The molecule has 1 aromatic heterocycles. The van der Waals surface area contributed by atoms with Crippen molar-refractivity contribution < 1.29 is 37.4 Å². The standard InChI is InChI=1S/C33H47N3O8S/c1-22-19-26(43-18-10-15-30(38)39)20-23(2)31(22)45(41,42)36-28(32(40)44-33(3,4)5)21-34-29(37)14-9-7-12-25-17-16-24-11-6-8-13-27(24)35-25/h16-17,19-20,28,36H,6-15,18,21H2,1-5H3,(H,34,37)(H,38,39)/t28-/m0/s1. The highest BCUT2D eigenvalue weighted by Crippen LogP contribution is 2.26.